The third kappa shape index (κ3) is 4.97. The number of carbonyl (C=O) groups excluding carboxylic acids is 1. The number of benzene rings is 1. The highest BCUT2D eigenvalue weighted by Crippen LogP contribution is 2.20. The molecule has 2 amide bonds. The molecule has 130 valence electrons. The van der Waals surface area contributed by atoms with Crippen molar-refractivity contribution < 1.29 is 9.53 Å². The maximum atomic E-state index is 12.1. The molecule has 7 nitrogen and oxygen atoms in total. The first-order valence-corrected chi connectivity index (χ1v) is 8.17. The number of hydrogen-bond acceptors (Lipinski definition) is 4. The van der Waals surface area contributed by atoms with Crippen LogP contribution in [-0.4, -0.2) is 26.9 Å². The first-order chi connectivity index (χ1) is 11.5. The molecule has 24 heavy (non-hydrogen) atoms. The zero-order chi connectivity index (χ0) is 17.5. The molecule has 2 rings (SSSR count). The smallest absolute Gasteiger partial charge is 0.315 e. The third-order valence-corrected chi connectivity index (χ3v) is 3.52. The second kappa shape index (κ2) is 8.33. The quantitative estimate of drug-likeness (QED) is 0.817. The predicted octanol–water partition coefficient (Wildman–Crippen LogP) is 2.65. The summed E-state index contributed by atoms with van der Waals surface area (Å²) in [5, 5.41) is 13.5. The van der Waals surface area contributed by atoms with E-state index in [1.165, 1.54) is 0 Å². The van der Waals surface area contributed by atoms with Crippen molar-refractivity contribution in [1.29, 1.82) is 0 Å². The van der Waals surface area contributed by atoms with Crippen LogP contribution in [0.4, 0.5) is 4.79 Å². The molecular formula is C17H25N5O2. The van der Waals surface area contributed by atoms with Gasteiger partial charge in [-0.1, -0.05) is 12.1 Å². The predicted molar refractivity (Wildman–Crippen MR) is 91.7 cm³/mol. The second-order valence-corrected chi connectivity index (χ2v) is 5.82. The van der Waals surface area contributed by atoms with Gasteiger partial charge < -0.3 is 19.9 Å². The molecular weight excluding hydrogens is 306 g/mol. The largest absolute Gasteiger partial charge is 0.491 e. The fraction of sp³-hybridized carbons (Fsp3) is 0.471. The van der Waals surface area contributed by atoms with Crippen LogP contribution in [0.5, 0.6) is 5.75 Å². The van der Waals surface area contributed by atoms with Crippen LogP contribution in [0, 0.1) is 0 Å². The average Bonchev–Trinajstić information content (AvgIpc) is 3.00. The number of nitrogens with zero attached hydrogens (tertiary/aromatic N) is 3. The molecule has 2 aromatic rings. The minimum atomic E-state index is -0.247. The number of amides is 2. The van der Waals surface area contributed by atoms with Gasteiger partial charge in [-0.25, -0.2) is 4.79 Å². The highest BCUT2D eigenvalue weighted by atomic mass is 16.5. The molecule has 0 aliphatic heterocycles. The van der Waals surface area contributed by atoms with E-state index in [2.05, 4.69) is 20.8 Å². The van der Waals surface area contributed by atoms with Crippen molar-refractivity contribution in [3.05, 3.63) is 42.0 Å². The Bertz CT molecular complexity index is 669. The summed E-state index contributed by atoms with van der Waals surface area (Å²) in [6.07, 6.45) is 1.76. The molecule has 1 heterocycles. The number of aryl methyl sites for hydroxylation is 1. The van der Waals surface area contributed by atoms with Gasteiger partial charge in [0.05, 0.1) is 18.7 Å². The Morgan fingerprint density at radius 3 is 2.83 bits per heavy atom. The van der Waals surface area contributed by atoms with Gasteiger partial charge in [0, 0.05) is 6.54 Å². The van der Waals surface area contributed by atoms with Crippen LogP contribution >= 0.6 is 0 Å². The molecule has 0 fully saturated rings. The van der Waals surface area contributed by atoms with Gasteiger partial charge in [-0.05, 0) is 45.4 Å². The van der Waals surface area contributed by atoms with Crippen molar-refractivity contribution in [2.24, 2.45) is 0 Å². The molecule has 0 unspecified atom stereocenters. The van der Waals surface area contributed by atoms with Crippen molar-refractivity contribution in [2.75, 3.05) is 0 Å². The molecule has 0 aliphatic rings. The van der Waals surface area contributed by atoms with E-state index in [9.17, 15) is 4.79 Å². The summed E-state index contributed by atoms with van der Waals surface area (Å²) in [5.41, 5.74) is 0.986. The van der Waals surface area contributed by atoms with Crippen LogP contribution in [-0.2, 0) is 13.1 Å². The van der Waals surface area contributed by atoms with Crippen LogP contribution in [0.15, 0.2) is 30.6 Å². The van der Waals surface area contributed by atoms with Crippen molar-refractivity contribution >= 4 is 6.03 Å². The van der Waals surface area contributed by atoms with E-state index in [0.29, 0.717) is 6.54 Å². The lowest BCUT2D eigenvalue weighted by Crippen LogP contribution is -2.37. The molecule has 7 heteroatoms. The van der Waals surface area contributed by atoms with Gasteiger partial charge >= 0.3 is 6.03 Å². The topological polar surface area (TPSA) is 81.1 Å². The fourth-order valence-electron chi connectivity index (χ4n) is 2.30. The Hall–Kier alpha value is -2.57. The van der Waals surface area contributed by atoms with E-state index in [1.807, 2.05) is 56.5 Å². The number of hydrogen-bond donors (Lipinski definition) is 2. The van der Waals surface area contributed by atoms with E-state index >= 15 is 0 Å². The van der Waals surface area contributed by atoms with Crippen LogP contribution in [0.2, 0.25) is 0 Å². The van der Waals surface area contributed by atoms with Crippen molar-refractivity contribution in [3.8, 4) is 5.75 Å². The van der Waals surface area contributed by atoms with Gasteiger partial charge in [0.15, 0.2) is 5.82 Å². The highest BCUT2D eigenvalue weighted by molar-refractivity contribution is 5.74. The second-order valence-electron chi connectivity index (χ2n) is 5.82. The van der Waals surface area contributed by atoms with E-state index < -0.39 is 0 Å². The Morgan fingerprint density at radius 1 is 1.33 bits per heavy atom. The van der Waals surface area contributed by atoms with Gasteiger partial charge in [0.25, 0.3) is 0 Å². The molecule has 2 N–H and O–H groups in total. The lowest BCUT2D eigenvalue weighted by Gasteiger charge is -2.17. The van der Waals surface area contributed by atoms with Crippen LogP contribution < -0.4 is 15.4 Å². The summed E-state index contributed by atoms with van der Waals surface area (Å²) in [6.45, 7) is 9.01. The summed E-state index contributed by atoms with van der Waals surface area (Å²) in [4.78, 5) is 12.1. The zero-order valence-electron chi connectivity index (χ0n) is 14.6. The number of urea groups is 1. The third-order valence-electron chi connectivity index (χ3n) is 3.52. The molecule has 0 spiro atoms. The standard InChI is InChI=1S/C17H25N5O2/c1-5-22-11-19-21-16(22)10-18-17(23)20-13(4)14-7-6-8-15(9-14)24-12(2)3/h6-9,11-13H,5,10H2,1-4H3,(H2,18,20,23)/t13-/m0/s1. The Morgan fingerprint density at radius 2 is 2.12 bits per heavy atom. The monoisotopic (exact) mass is 331 g/mol. The number of nitrogens with one attached hydrogen (secondary N) is 2. The van der Waals surface area contributed by atoms with E-state index in [-0.39, 0.29) is 18.2 Å². The molecule has 0 saturated heterocycles. The first-order valence-electron chi connectivity index (χ1n) is 8.17. The first kappa shape index (κ1) is 17.8. The number of rotatable bonds is 7. The normalized spacial score (nSPS) is 12.0. The SMILES string of the molecule is CCn1cnnc1CNC(=O)N[C@@H](C)c1cccc(OC(C)C)c1. The van der Waals surface area contributed by atoms with Gasteiger partial charge in [0.2, 0.25) is 0 Å². The van der Waals surface area contributed by atoms with Crippen LogP contribution in [0.25, 0.3) is 0 Å². The zero-order valence-corrected chi connectivity index (χ0v) is 14.6. The van der Waals surface area contributed by atoms with Gasteiger partial charge in [-0.2, -0.15) is 0 Å². The Kier molecular flexibility index (Phi) is 6.17. The van der Waals surface area contributed by atoms with E-state index in [4.69, 9.17) is 4.74 Å². The summed E-state index contributed by atoms with van der Waals surface area (Å²) in [6, 6.07) is 7.36. The molecule has 0 aliphatic carbocycles. The molecule has 1 atom stereocenters. The van der Waals surface area contributed by atoms with Crippen LogP contribution in [0.1, 0.15) is 45.1 Å². The van der Waals surface area contributed by atoms with Crippen molar-refractivity contribution in [1.82, 2.24) is 25.4 Å². The minimum Gasteiger partial charge on any atom is -0.491 e. The molecule has 0 saturated carbocycles. The van der Waals surface area contributed by atoms with E-state index in [0.717, 1.165) is 23.7 Å². The fourth-order valence-corrected chi connectivity index (χ4v) is 2.30. The summed E-state index contributed by atoms with van der Waals surface area (Å²) in [5.74, 6) is 1.53. The Labute approximate surface area is 142 Å². The minimum absolute atomic E-state index is 0.114. The highest BCUT2D eigenvalue weighted by Gasteiger charge is 2.11. The van der Waals surface area contributed by atoms with Crippen molar-refractivity contribution in [2.45, 2.75) is 52.9 Å². The molecule has 1 aromatic heterocycles. The maximum absolute atomic E-state index is 12.1. The lowest BCUT2D eigenvalue weighted by molar-refractivity contribution is 0.236. The molecule has 0 bridgehead atoms. The van der Waals surface area contributed by atoms with Gasteiger partial charge in [0.1, 0.15) is 12.1 Å². The molecule has 1 aromatic carbocycles. The van der Waals surface area contributed by atoms with Gasteiger partial charge in [-0.3, -0.25) is 0 Å². The summed E-state index contributed by atoms with van der Waals surface area (Å²) >= 11 is 0. The number of carbonyl (C=O) groups is 1. The Balaban J connectivity index is 1.89. The summed E-state index contributed by atoms with van der Waals surface area (Å²) in [7, 11) is 0. The maximum Gasteiger partial charge on any atom is 0.315 e. The molecule has 0 radical (unpaired) electrons. The van der Waals surface area contributed by atoms with E-state index in [1.54, 1.807) is 6.33 Å². The number of aromatic nitrogens is 3. The lowest BCUT2D eigenvalue weighted by atomic mass is 10.1. The van der Waals surface area contributed by atoms with Crippen molar-refractivity contribution in [3.63, 3.8) is 0 Å². The van der Waals surface area contributed by atoms with Gasteiger partial charge in [-0.15, -0.1) is 10.2 Å². The number of ether oxygens (including phenoxy) is 1. The summed E-state index contributed by atoms with van der Waals surface area (Å²) < 4.78 is 7.57. The van der Waals surface area contributed by atoms with Crippen LogP contribution in [0.3, 0.4) is 0 Å². The average molecular weight is 331 g/mol.